The molecule has 3 heteroatoms. The van der Waals surface area contributed by atoms with Crippen molar-refractivity contribution in [3.8, 4) is 0 Å². The molecule has 1 aliphatic rings. The summed E-state index contributed by atoms with van der Waals surface area (Å²) in [6, 6.07) is 0. The van der Waals surface area contributed by atoms with Crippen LogP contribution in [0.5, 0.6) is 0 Å². The summed E-state index contributed by atoms with van der Waals surface area (Å²) in [5, 5.41) is 8.86. The van der Waals surface area contributed by atoms with Crippen molar-refractivity contribution in [3.63, 3.8) is 0 Å². The highest BCUT2D eigenvalue weighted by molar-refractivity contribution is 5.70. The van der Waals surface area contributed by atoms with E-state index in [4.69, 9.17) is 10.8 Å². The molecular weight excluding hydrogens is 202 g/mol. The van der Waals surface area contributed by atoms with Gasteiger partial charge in [-0.15, -0.1) is 0 Å². The van der Waals surface area contributed by atoms with E-state index in [1.807, 2.05) is 0 Å². The maximum atomic E-state index is 10.8. The van der Waals surface area contributed by atoms with Crippen molar-refractivity contribution in [2.45, 2.75) is 51.9 Å². The Labute approximate surface area is 98.4 Å². The number of aliphatic carboxylic acids is 1. The molecule has 0 bridgehead atoms. The monoisotopic (exact) mass is 227 g/mol. The molecule has 3 N–H and O–H groups in total. The van der Waals surface area contributed by atoms with Gasteiger partial charge in [0, 0.05) is 6.54 Å². The fourth-order valence-electron chi connectivity index (χ4n) is 2.13. The standard InChI is InChI=1S/C13H25NO2/c1-10(3-2-4-11-6-7-11)5-8-12(9-14)13(15)16/h10-12H,2-9,14H2,1H3,(H,15,16)/t10?,12-/m1/s1. The fraction of sp³-hybridized carbons (Fsp3) is 0.923. The molecule has 0 aromatic rings. The second-order valence-corrected chi connectivity index (χ2v) is 5.33. The lowest BCUT2D eigenvalue weighted by Gasteiger charge is -2.14. The van der Waals surface area contributed by atoms with E-state index in [2.05, 4.69) is 6.92 Å². The van der Waals surface area contributed by atoms with E-state index < -0.39 is 5.97 Å². The van der Waals surface area contributed by atoms with E-state index in [-0.39, 0.29) is 12.5 Å². The summed E-state index contributed by atoms with van der Waals surface area (Å²) in [5.41, 5.74) is 5.43. The Balaban J connectivity index is 2.02. The lowest BCUT2D eigenvalue weighted by Crippen LogP contribution is -2.23. The van der Waals surface area contributed by atoms with Crippen LogP contribution in [0.3, 0.4) is 0 Å². The van der Waals surface area contributed by atoms with Crippen LogP contribution in [-0.4, -0.2) is 17.6 Å². The van der Waals surface area contributed by atoms with E-state index in [1.54, 1.807) is 0 Å². The van der Waals surface area contributed by atoms with E-state index >= 15 is 0 Å². The first-order chi connectivity index (χ1) is 7.63. The zero-order chi connectivity index (χ0) is 12.0. The minimum atomic E-state index is -0.743. The Morgan fingerprint density at radius 3 is 2.56 bits per heavy atom. The maximum Gasteiger partial charge on any atom is 0.307 e. The highest BCUT2D eigenvalue weighted by Gasteiger charge is 2.21. The first kappa shape index (κ1) is 13.5. The fourth-order valence-corrected chi connectivity index (χ4v) is 2.13. The zero-order valence-corrected chi connectivity index (χ0v) is 10.3. The van der Waals surface area contributed by atoms with Crippen LogP contribution in [0.1, 0.15) is 51.9 Å². The molecule has 0 aromatic carbocycles. The molecule has 1 fully saturated rings. The predicted octanol–water partition coefficient (Wildman–Crippen LogP) is 2.64. The highest BCUT2D eigenvalue weighted by Crippen LogP contribution is 2.34. The maximum absolute atomic E-state index is 10.8. The molecule has 1 unspecified atom stereocenters. The SMILES string of the molecule is CC(CCCC1CC1)CC[C@H](CN)C(=O)O. The number of nitrogens with two attached hydrogens (primary N) is 1. The van der Waals surface area contributed by atoms with E-state index in [9.17, 15) is 4.79 Å². The lowest BCUT2D eigenvalue weighted by molar-refractivity contribution is -0.141. The number of rotatable bonds is 9. The number of carboxylic acid groups (broad SMARTS) is 1. The summed E-state index contributed by atoms with van der Waals surface area (Å²) < 4.78 is 0. The molecule has 0 radical (unpaired) electrons. The summed E-state index contributed by atoms with van der Waals surface area (Å²) >= 11 is 0. The minimum absolute atomic E-state index is 0.268. The zero-order valence-electron chi connectivity index (χ0n) is 10.3. The van der Waals surface area contributed by atoms with Crippen molar-refractivity contribution in [2.24, 2.45) is 23.5 Å². The largest absolute Gasteiger partial charge is 0.481 e. The second-order valence-electron chi connectivity index (χ2n) is 5.33. The summed E-state index contributed by atoms with van der Waals surface area (Å²) in [5.74, 6) is 0.578. The van der Waals surface area contributed by atoms with Crippen molar-refractivity contribution in [2.75, 3.05) is 6.54 Å². The van der Waals surface area contributed by atoms with Gasteiger partial charge in [-0.25, -0.2) is 0 Å². The third-order valence-electron chi connectivity index (χ3n) is 3.65. The van der Waals surface area contributed by atoms with E-state index in [0.717, 1.165) is 18.8 Å². The van der Waals surface area contributed by atoms with Gasteiger partial charge >= 0.3 is 5.97 Å². The van der Waals surface area contributed by atoms with Gasteiger partial charge in [0.15, 0.2) is 0 Å². The van der Waals surface area contributed by atoms with Gasteiger partial charge in [-0.05, 0) is 24.7 Å². The van der Waals surface area contributed by atoms with Gasteiger partial charge in [0.25, 0.3) is 0 Å². The molecule has 0 amide bonds. The van der Waals surface area contributed by atoms with Crippen LogP contribution >= 0.6 is 0 Å². The van der Waals surface area contributed by atoms with Crippen molar-refractivity contribution >= 4 is 5.97 Å². The van der Waals surface area contributed by atoms with Crippen LogP contribution < -0.4 is 5.73 Å². The van der Waals surface area contributed by atoms with Crippen LogP contribution in [0.2, 0.25) is 0 Å². The Hall–Kier alpha value is -0.570. The minimum Gasteiger partial charge on any atom is -0.481 e. The first-order valence-corrected chi connectivity index (χ1v) is 6.56. The van der Waals surface area contributed by atoms with Gasteiger partial charge in [-0.2, -0.15) is 0 Å². The molecule has 1 rings (SSSR count). The predicted molar refractivity (Wildman–Crippen MR) is 65.2 cm³/mol. The van der Waals surface area contributed by atoms with Gasteiger partial charge in [0.1, 0.15) is 0 Å². The van der Waals surface area contributed by atoms with Gasteiger partial charge in [-0.1, -0.05) is 39.0 Å². The molecule has 1 aliphatic carbocycles. The highest BCUT2D eigenvalue weighted by atomic mass is 16.4. The van der Waals surface area contributed by atoms with Crippen molar-refractivity contribution in [1.29, 1.82) is 0 Å². The summed E-state index contributed by atoms with van der Waals surface area (Å²) in [6.45, 7) is 2.49. The van der Waals surface area contributed by atoms with Gasteiger partial charge in [0.05, 0.1) is 5.92 Å². The van der Waals surface area contributed by atoms with Gasteiger partial charge in [0.2, 0.25) is 0 Å². The summed E-state index contributed by atoms with van der Waals surface area (Å²) in [4.78, 5) is 10.8. The molecule has 0 aromatic heterocycles. The van der Waals surface area contributed by atoms with E-state index in [0.29, 0.717) is 5.92 Å². The third-order valence-corrected chi connectivity index (χ3v) is 3.65. The van der Waals surface area contributed by atoms with Crippen molar-refractivity contribution in [3.05, 3.63) is 0 Å². The topological polar surface area (TPSA) is 63.3 Å². The van der Waals surface area contributed by atoms with E-state index in [1.165, 1.54) is 32.1 Å². The molecule has 3 nitrogen and oxygen atoms in total. The average Bonchev–Trinajstić information content (AvgIpc) is 3.02. The Bertz CT molecular complexity index is 214. The van der Waals surface area contributed by atoms with Gasteiger partial charge in [-0.3, -0.25) is 4.79 Å². The summed E-state index contributed by atoms with van der Waals surface area (Å²) in [7, 11) is 0. The smallest absolute Gasteiger partial charge is 0.307 e. The molecule has 0 heterocycles. The summed E-state index contributed by atoms with van der Waals surface area (Å²) in [6.07, 6.45) is 8.53. The van der Waals surface area contributed by atoms with Crippen molar-refractivity contribution in [1.82, 2.24) is 0 Å². The van der Waals surface area contributed by atoms with Crippen LogP contribution in [0.25, 0.3) is 0 Å². The quantitative estimate of drug-likeness (QED) is 0.636. The number of hydrogen-bond acceptors (Lipinski definition) is 2. The van der Waals surface area contributed by atoms with Gasteiger partial charge < -0.3 is 10.8 Å². The normalized spacial score (nSPS) is 19.4. The Morgan fingerprint density at radius 2 is 2.06 bits per heavy atom. The second kappa shape index (κ2) is 6.89. The average molecular weight is 227 g/mol. The molecule has 0 saturated heterocycles. The van der Waals surface area contributed by atoms with Crippen molar-refractivity contribution < 1.29 is 9.90 Å². The number of carbonyl (C=O) groups is 1. The molecule has 0 spiro atoms. The molecule has 0 aliphatic heterocycles. The first-order valence-electron chi connectivity index (χ1n) is 6.56. The van der Waals surface area contributed by atoms with Crippen LogP contribution in [0.4, 0.5) is 0 Å². The molecule has 2 atom stereocenters. The third kappa shape index (κ3) is 5.50. The van der Waals surface area contributed by atoms with Crippen LogP contribution in [0.15, 0.2) is 0 Å². The van der Waals surface area contributed by atoms with Crippen LogP contribution in [-0.2, 0) is 4.79 Å². The molecular formula is C13H25NO2. The molecule has 94 valence electrons. The van der Waals surface area contributed by atoms with Crippen LogP contribution in [0, 0.1) is 17.8 Å². The molecule has 16 heavy (non-hydrogen) atoms. The molecule has 1 saturated carbocycles. The number of carboxylic acids is 1. The lowest BCUT2D eigenvalue weighted by atomic mass is 9.93. The Morgan fingerprint density at radius 1 is 1.38 bits per heavy atom. The number of hydrogen-bond donors (Lipinski definition) is 2. The Kier molecular flexibility index (Phi) is 5.81.